The molecule has 0 atom stereocenters. The molecule has 0 aliphatic rings. The number of hydrogen-bond acceptors (Lipinski definition) is 3. The molecule has 2 aromatic rings. The summed E-state index contributed by atoms with van der Waals surface area (Å²) in [6, 6.07) is 11.3. The molecule has 6 heteroatoms. The molecule has 0 bridgehead atoms. The second kappa shape index (κ2) is 7.71. The predicted molar refractivity (Wildman–Crippen MR) is 77.3 cm³/mol. The van der Waals surface area contributed by atoms with Gasteiger partial charge in [-0.05, 0) is 24.3 Å². The maximum absolute atomic E-state index is 11.1. The van der Waals surface area contributed by atoms with Crippen molar-refractivity contribution in [2.24, 2.45) is 0 Å². The van der Waals surface area contributed by atoms with Crippen LogP contribution in [0.2, 0.25) is 0 Å². The number of hydrogen-bond donors (Lipinski definition) is 1. The van der Waals surface area contributed by atoms with Gasteiger partial charge in [-0.15, -0.1) is 24.0 Å². The first-order valence-electron chi connectivity index (χ1n) is 5.49. The fraction of sp³-hybridized carbons (Fsp3) is 0.154. The summed E-state index contributed by atoms with van der Waals surface area (Å²) in [7, 11) is 0. The molecule has 0 aromatic carbocycles. The Kier molecular flexibility index (Phi) is 6.25. The lowest BCUT2D eigenvalue weighted by Gasteiger charge is -2.05. The Morgan fingerprint density at radius 1 is 1.16 bits per heavy atom. The maximum Gasteiger partial charge on any atom is 0.235 e. The van der Waals surface area contributed by atoms with Crippen LogP contribution in [0.5, 0.6) is 0 Å². The maximum atomic E-state index is 11.1. The highest BCUT2D eigenvalue weighted by atomic mass is 35.5. The average molecular weight is 298 g/mol. The van der Waals surface area contributed by atoms with Gasteiger partial charge in [-0.1, -0.05) is 12.1 Å². The molecule has 0 radical (unpaired) electrons. The van der Waals surface area contributed by atoms with Gasteiger partial charge in [0.2, 0.25) is 5.91 Å². The zero-order chi connectivity index (χ0) is 12.8. The van der Waals surface area contributed by atoms with Gasteiger partial charge in [0.1, 0.15) is 5.88 Å². The fourth-order valence-electron chi connectivity index (χ4n) is 1.47. The standard InChI is InChI=1S/C13H12ClN3O.ClH/c14-8-13(18)16-9-10-4-3-6-12(17-10)11-5-1-2-7-15-11;/h1-7H,8-9H2,(H,16,18);1H. The Hall–Kier alpha value is -1.65. The van der Waals surface area contributed by atoms with Crippen LogP contribution in [0.15, 0.2) is 42.6 Å². The molecule has 0 spiro atoms. The van der Waals surface area contributed by atoms with Crippen molar-refractivity contribution in [2.45, 2.75) is 6.54 Å². The Morgan fingerprint density at radius 3 is 2.63 bits per heavy atom. The van der Waals surface area contributed by atoms with Crippen LogP contribution in [-0.2, 0) is 11.3 Å². The molecule has 0 fully saturated rings. The molecule has 0 aliphatic heterocycles. The molecule has 100 valence electrons. The van der Waals surface area contributed by atoms with Crippen LogP contribution in [0.3, 0.4) is 0 Å². The lowest BCUT2D eigenvalue weighted by atomic mass is 10.2. The lowest BCUT2D eigenvalue weighted by molar-refractivity contribution is -0.118. The van der Waals surface area contributed by atoms with E-state index in [2.05, 4.69) is 15.3 Å². The second-order valence-electron chi connectivity index (χ2n) is 3.64. The number of pyridine rings is 2. The average Bonchev–Trinajstić information content (AvgIpc) is 2.46. The van der Waals surface area contributed by atoms with E-state index in [1.54, 1.807) is 6.20 Å². The van der Waals surface area contributed by atoms with Crippen molar-refractivity contribution in [3.05, 3.63) is 48.3 Å². The van der Waals surface area contributed by atoms with E-state index in [4.69, 9.17) is 11.6 Å². The molecule has 1 N–H and O–H groups in total. The Balaban J connectivity index is 0.00000180. The molecule has 2 aromatic heterocycles. The Morgan fingerprint density at radius 2 is 1.95 bits per heavy atom. The van der Waals surface area contributed by atoms with Crippen LogP contribution < -0.4 is 5.32 Å². The van der Waals surface area contributed by atoms with Gasteiger partial charge in [0.15, 0.2) is 0 Å². The number of nitrogens with one attached hydrogen (secondary N) is 1. The van der Waals surface area contributed by atoms with Crippen LogP contribution in [0.4, 0.5) is 0 Å². The molecule has 1 amide bonds. The van der Waals surface area contributed by atoms with E-state index in [-0.39, 0.29) is 24.2 Å². The van der Waals surface area contributed by atoms with Crippen LogP contribution in [0.1, 0.15) is 5.69 Å². The van der Waals surface area contributed by atoms with E-state index in [0.29, 0.717) is 6.54 Å². The highest BCUT2D eigenvalue weighted by molar-refractivity contribution is 6.27. The molecule has 19 heavy (non-hydrogen) atoms. The summed E-state index contributed by atoms with van der Waals surface area (Å²) < 4.78 is 0. The number of nitrogens with zero attached hydrogens (tertiary/aromatic N) is 2. The fourth-order valence-corrected chi connectivity index (χ4v) is 1.57. The van der Waals surface area contributed by atoms with Crippen molar-refractivity contribution in [1.82, 2.24) is 15.3 Å². The second-order valence-corrected chi connectivity index (χ2v) is 3.91. The minimum Gasteiger partial charge on any atom is -0.349 e. The van der Waals surface area contributed by atoms with Gasteiger partial charge in [-0.2, -0.15) is 0 Å². The van der Waals surface area contributed by atoms with Gasteiger partial charge < -0.3 is 5.32 Å². The number of carbonyl (C=O) groups is 1. The van der Waals surface area contributed by atoms with E-state index in [9.17, 15) is 4.79 Å². The largest absolute Gasteiger partial charge is 0.349 e. The first-order chi connectivity index (χ1) is 8.79. The van der Waals surface area contributed by atoms with Gasteiger partial charge in [-0.3, -0.25) is 9.78 Å². The zero-order valence-corrected chi connectivity index (χ0v) is 11.6. The van der Waals surface area contributed by atoms with Crippen LogP contribution in [-0.4, -0.2) is 21.8 Å². The highest BCUT2D eigenvalue weighted by Crippen LogP contribution is 2.13. The molecule has 2 rings (SSSR count). The summed E-state index contributed by atoms with van der Waals surface area (Å²) in [5.74, 6) is -0.248. The SMILES string of the molecule is Cl.O=C(CCl)NCc1cccc(-c2ccccn2)n1. The summed E-state index contributed by atoms with van der Waals surface area (Å²) in [4.78, 5) is 19.7. The summed E-state index contributed by atoms with van der Waals surface area (Å²) in [5.41, 5.74) is 2.37. The van der Waals surface area contributed by atoms with Crippen molar-refractivity contribution in [1.29, 1.82) is 0 Å². The predicted octanol–water partition coefficient (Wildman–Crippen LogP) is 2.42. The van der Waals surface area contributed by atoms with Crippen molar-refractivity contribution in [3.8, 4) is 11.4 Å². The lowest BCUT2D eigenvalue weighted by Crippen LogP contribution is -2.24. The Bertz CT molecular complexity index is 534. The van der Waals surface area contributed by atoms with E-state index in [0.717, 1.165) is 17.1 Å². The van der Waals surface area contributed by atoms with Crippen molar-refractivity contribution >= 4 is 29.9 Å². The third kappa shape index (κ3) is 4.50. The van der Waals surface area contributed by atoms with E-state index < -0.39 is 0 Å². The first-order valence-corrected chi connectivity index (χ1v) is 6.03. The third-order valence-corrected chi connectivity index (χ3v) is 2.56. The number of rotatable bonds is 4. The Labute approximate surface area is 122 Å². The molecule has 4 nitrogen and oxygen atoms in total. The first kappa shape index (κ1) is 15.4. The summed E-state index contributed by atoms with van der Waals surface area (Å²) in [6.45, 7) is 0.367. The molecule has 0 saturated heterocycles. The molecule has 0 unspecified atom stereocenters. The molecule has 0 saturated carbocycles. The molecule has 0 aliphatic carbocycles. The van der Waals surface area contributed by atoms with Gasteiger partial charge in [0, 0.05) is 6.20 Å². The number of alkyl halides is 1. The number of halogens is 2. The zero-order valence-electron chi connectivity index (χ0n) is 10.0. The smallest absolute Gasteiger partial charge is 0.235 e. The van der Waals surface area contributed by atoms with Gasteiger partial charge in [0.05, 0.1) is 23.6 Å². The number of carbonyl (C=O) groups excluding carboxylic acids is 1. The number of amides is 1. The monoisotopic (exact) mass is 297 g/mol. The number of aromatic nitrogens is 2. The van der Waals surface area contributed by atoms with Gasteiger partial charge in [-0.25, -0.2) is 4.98 Å². The van der Waals surface area contributed by atoms with Crippen molar-refractivity contribution < 1.29 is 4.79 Å². The van der Waals surface area contributed by atoms with Crippen LogP contribution in [0, 0.1) is 0 Å². The van der Waals surface area contributed by atoms with Gasteiger partial charge >= 0.3 is 0 Å². The van der Waals surface area contributed by atoms with Crippen molar-refractivity contribution in [3.63, 3.8) is 0 Å². The normalized spacial score (nSPS) is 9.53. The molecular weight excluding hydrogens is 285 g/mol. The molecule has 2 heterocycles. The quantitative estimate of drug-likeness (QED) is 0.882. The summed E-state index contributed by atoms with van der Waals surface area (Å²) >= 11 is 5.40. The van der Waals surface area contributed by atoms with E-state index >= 15 is 0 Å². The van der Waals surface area contributed by atoms with E-state index in [1.165, 1.54) is 0 Å². The highest BCUT2D eigenvalue weighted by Gasteiger charge is 2.03. The van der Waals surface area contributed by atoms with E-state index in [1.807, 2.05) is 36.4 Å². The minimum atomic E-state index is -0.207. The topological polar surface area (TPSA) is 54.9 Å². The summed E-state index contributed by atoms with van der Waals surface area (Å²) in [5, 5.41) is 2.67. The third-order valence-electron chi connectivity index (χ3n) is 2.32. The van der Waals surface area contributed by atoms with Crippen LogP contribution in [0.25, 0.3) is 11.4 Å². The minimum absolute atomic E-state index is 0. The molecular formula is C13H13Cl2N3O. The van der Waals surface area contributed by atoms with Gasteiger partial charge in [0.25, 0.3) is 0 Å². The van der Waals surface area contributed by atoms with Crippen LogP contribution >= 0.6 is 24.0 Å². The summed E-state index contributed by atoms with van der Waals surface area (Å²) in [6.07, 6.45) is 1.72. The van der Waals surface area contributed by atoms with Crippen molar-refractivity contribution in [2.75, 3.05) is 5.88 Å².